The highest BCUT2D eigenvalue weighted by Crippen LogP contribution is 2.45. The number of para-hydroxylation sites is 2. The number of nitrogens with one attached hydrogen (secondary N) is 1. The Labute approximate surface area is 167 Å². The smallest absolute Gasteiger partial charge is 0.224 e. The first kappa shape index (κ1) is 18.1. The van der Waals surface area contributed by atoms with Crippen molar-refractivity contribution in [2.24, 2.45) is 0 Å². The summed E-state index contributed by atoms with van der Waals surface area (Å²) in [5, 5.41) is 4.24. The van der Waals surface area contributed by atoms with Gasteiger partial charge in [0.25, 0.3) is 0 Å². The first-order chi connectivity index (χ1) is 13.0. The van der Waals surface area contributed by atoms with Crippen molar-refractivity contribution in [1.29, 1.82) is 0 Å². The Balaban J connectivity index is 2.01. The van der Waals surface area contributed by atoms with E-state index in [9.17, 15) is 9.59 Å². The summed E-state index contributed by atoms with van der Waals surface area (Å²) in [5.74, 6) is -0.0914. The molecule has 0 spiro atoms. The number of fused-ring (bicyclic) bond motifs is 1. The van der Waals surface area contributed by atoms with Crippen molar-refractivity contribution >= 4 is 46.3 Å². The third kappa shape index (κ3) is 3.13. The molecule has 0 saturated heterocycles. The van der Waals surface area contributed by atoms with E-state index < -0.39 is 6.04 Å². The number of allylic oxidation sites excluding steroid dienone is 1. The monoisotopic (exact) mass is 400 g/mol. The lowest BCUT2D eigenvalue weighted by molar-refractivity contribution is -0.117. The number of Topliss-reactive ketones (excluding diaryl/α,β-unsaturated/α-hetero) is 1. The molecule has 4 rings (SSSR count). The summed E-state index contributed by atoms with van der Waals surface area (Å²) in [6, 6.07) is 12.3. The van der Waals surface area contributed by atoms with Crippen molar-refractivity contribution in [2.45, 2.75) is 32.2 Å². The number of halogens is 2. The summed E-state index contributed by atoms with van der Waals surface area (Å²) >= 11 is 12.4. The van der Waals surface area contributed by atoms with Gasteiger partial charge < -0.3 is 5.32 Å². The molecule has 27 heavy (non-hydrogen) atoms. The number of hydrogen-bond donors (Lipinski definition) is 1. The predicted molar refractivity (Wildman–Crippen MR) is 108 cm³/mol. The number of hydrogen-bond acceptors (Lipinski definition) is 3. The average Bonchev–Trinajstić information content (AvgIpc) is 2.79. The van der Waals surface area contributed by atoms with Gasteiger partial charge in [-0.2, -0.15) is 0 Å². The van der Waals surface area contributed by atoms with Crippen molar-refractivity contribution in [3.05, 3.63) is 69.3 Å². The van der Waals surface area contributed by atoms with Crippen LogP contribution in [0.1, 0.15) is 37.8 Å². The molecule has 2 aromatic rings. The lowest BCUT2D eigenvalue weighted by Gasteiger charge is -2.33. The van der Waals surface area contributed by atoms with Crippen LogP contribution in [-0.2, 0) is 9.59 Å². The van der Waals surface area contributed by atoms with Crippen molar-refractivity contribution in [3.63, 3.8) is 0 Å². The highest BCUT2D eigenvalue weighted by molar-refractivity contribution is 6.42. The van der Waals surface area contributed by atoms with Gasteiger partial charge in [0.05, 0.1) is 27.5 Å². The molecule has 1 aliphatic carbocycles. The molecule has 0 bridgehead atoms. The van der Waals surface area contributed by atoms with Crippen LogP contribution in [0.15, 0.2) is 53.7 Å². The van der Waals surface area contributed by atoms with Gasteiger partial charge >= 0.3 is 0 Å². The highest BCUT2D eigenvalue weighted by Gasteiger charge is 2.38. The molecule has 4 nitrogen and oxygen atoms in total. The topological polar surface area (TPSA) is 49.4 Å². The molecule has 2 aliphatic rings. The maximum absolute atomic E-state index is 12.9. The van der Waals surface area contributed by atoms with Gasteiger partial charge in [-0.05, 0) is 42.7 Å². The lowest BCUT2D eigenvalue weighted by Crippen LogP contribution is -2.36. The Morgan fingerprint density at radius 2 is 1.89 bits per heavy atom. The molecular formula is C21H18Cl2N2O2. The maximum atomic E-state index is 12.9. The van der Waals surface area contributed by atoms with E-state index in [1.54, 1.807) is 17.0 Å². The van der Waals surface area contributed by atoms with Crippen molar-refractivity contribution in [2.75, 3.05) is 10.2 Å². The Bertz CT molecular complexity index is 984. The van der Waals surface area contributed by atoms with Crippen LogP contribution in [0.5, 0.6) is 0 Å². The number of amides is 1. The average molecular weight is 401 g/mol. The second-order valence-corrected chi connectivity index (χ2v) is 7.59. The summed E-state index contributed by atoms with van der Waals surface area (Å²) in [6.45, 7) is 1.51. The van der Waals surface area contributed by atoms with E-state index in [1.165, 1.54) is 6.92 Å². The van der Waals surface area contributed by atoms with E-state index in [2.05, 4.69) is 5.32 Å². The molecule has 0 fully saturated rings. The normalized spacial score (nSPS) is 19.1. The van der Waals surface area contributed by atoms with E-state index in [4.69, 9.17) is 23.2 Å². The number of benzene rings is 2. The molecule has 1 unspecified atom stereocenters. The molecule has 0 radical (unpaired) electrons. The molecule has 1 heterocycles. The first-order valence-corrected chi connectivity index (χ1v) is 9.60. The van der Waals surface area contributed by atoms with Gasteiger partial charge in [0.1, 0.15) is 0 Å². The number of carbonyl (C=O) groups is 2. The zero-order chi connectivity index (χ0) is 19.1. The van der Waals surface area contributed by atoms with Gasteiger partial charge in [0, 0.05) is 24.6 Å². The van der Waals surface area contributed by atoms with Crippen molar-refractivity contribution in [3.8, 4) is 0 Å². The number of nitrogens with zero attached hydrogens (tertiary/aromatic N) is 1. The zero-order valence-electron chi connectivity index (χ0n) is 14.8. The molecule has 6 heteroatoms. The summed E-state index contributed by atoms with van der Waals surface area (Å²) in [5.41, 5.74) is 3.83. The Kier molecular flexibility index (Phi) is 4.70. The van der Waals surface area contributed by atoms with Crippen LogP contribution in [0.4, 0.5) is 11.4 Å². The number of carbonyl (C=O) groups excluding carboxylic acids is 2. The van der Waals surface area contributed by atoms with Gasteiger partial charge in [-0.3, -0.25) is 14.5 Å². The molecule has 138 valence electrons. The van der Waals surface area contributed by atoms with Gasteiger partial charge in [0.2, 0.25) is 5.91 Å². The van der Waals surface area contributed by atoms with E-state index in [0.29, 0.717) is 22.0 Å². The number of rotatable bonds is 1. The molecule has 0 aromatic heterocycles. The van der Waals surface area contributed by atoms with Gasteiger partial charge in [-0.25, -0.2) is 0 Å². The fraction of sp³-hybridized carbons (Fsp3) is 0.238. The standard InChI is InChI=1S/C21H18Cl2N2O2/c1-12(26)25-18-7-3-2-5-16(18)24-17-6-4-8-19(27)20(17)21(25)13-9-10-14(22)15(23)11-13/h2-3,5,7,9-11,21,24H,4,6,8H2,1H3. The summed E-state index contributed by atoms with van der Waals surface area (Å²) in [7, 11) is 0. The third-order valence-corrected chi connectivity index (χ3v) is 5.77. The van der Waals surface area contributed by atoms with E-state index in [1.807, 2.05) is 30.3 Å². The molecule has 1 atom stereocenters. The van der Waals surface area contributed by atoms with Crippen molar-refractivity contribution in [1.82, 2.24) is 0 Å². The van der Waals surface area contributed by atoms with Crippen LogP contribution < -0.4 is 10.2 Å². The number of ketones is 1. The quantitative estimate of drug-likeness (QED) is 0.685. The van der Waals surface area contributed by atoms with E-state index in [0.717, 1.165) is 35.5 Å². The second kappa shape index (κ2) is 7.02. The van der Waals surface area contributed by atoms with Crippen LogP contribution >= 0.6 is 23.2 Å². The molecule has 2 aromatic carbocycles. The minimum Gasteiger partial charge on any atom is -0.357 e. The summed E-state index contributed by atoms with van der Waals surface area (Å²) in [6.07, 6.45) is 2.03. The van der Waals surface area contributed by atoms with Gasteiger partial charge in [0.15, 0.2) is 5.78 Å². The predicted octanol–water partition coefficient (Wildman–Crippen LogP) is 5.52. The van der Waals surface area contributed by atoms with Crippen LogP contribution in [-0.4, -0.2) is 11.7 Å². The SMILES string of the molecule is CC(=O)N1c2ccccc2NC2=C(C(=O)CCC2)C1c1ccc(Cl)c(Cl)c1. The third-order valence-electron chi connectivity index (χ3n) is 5.04. The molecule has 0 saturated carbocycles. The minimum atomic E-state index is -0.545. The largest absolute Gasteiger partial charge is 0.357 e. The van der Waals surface area contributed by atoms with Gasteiger partial charge in [-0.1, -0.05) is 41.4 Å². The zero-order valence-corrected chi connectivity index (χ0v) is 16.3. The summed E-state index contributed by atoms with van der Waals surface area (Å²) in [4.78, 5) is 27.4. The first-order valence-electron chi connectivity index (χ1n) is 8.84. The van der Waals surface area contributed by atoms with Crippen LogP contribution in [0.3, 0.4) is 0 Å². The molecule has 1 N–H and O–H groups in total. The highest BCUT2D eigenvalue weighted by atomic mass is 35.5. The fourth-order valence-corrected chi connectivity index (χ4v) is 4.19. The Hall–Kier alpha value is -2.30. The Morgan fingerprint density at radius 3 is 2.63 bits per heavy atom. The van der Waals surface area contributed by atoms with Crippen LogP contribution in [0.2, 0.25) is 10.0 Å². The molecule has 1 amide bonds. The molecule has 1 aliphatic heterocycles. The number of anilines is 2. The second-order valence-electron chi connectivity index (χ2n) is 6.78. The van der Waals surface area contributed by atoms with Crippen molar-refractivity contribution < 1.29 is 9.59 Å². The van der Waals surface area contributed by atoms with Crippen LogP contribution in [0, 0.1) is 0 Å². The van der Waals surface area contributed by atoms with E-state index in [-0.39, 0.29) is 11.7 Å². The summed E-state index contributed by atoms with van der Waals surface area (Å²) < 4.78 is 0. The maximum Gasteiger partial charge on any atom is 0.224 e. The lowest BCUT2D eigenvalue weighted by atomic mass is 9.86. The minimum absolute atomic E-state index is 0.0545. The van der Waals surface area contributed by atoms with Crippen LogP contribution in [0.25, 0.3) is 0 Å². The Morgan fingerprint density at radius 1 is 1.11 bits per heavy atom. The molecular weight excluding hydrogens is 383 g/mol. The fourth-order valence-electron chi connectivity index (χ4n) is 3.88. The van der Waals surface area contributed by atoms with E-state index >= 15 is 0 Å². The van der Waals surface area contributed by atoms with Gasteiger partial charge in [-0.15, -0.1) is 0 Å².